The van der Waals surface area contributed by atoms with Gasteiger partial charge in [0.05, 0.1) is 0 Å². The molecule has 5 heteroatoms. The summed E-state index contributed by atoms with van der Waals surface area (Å²) in [5.74, 6) is -1.60. The van der Waals surface area contributed by atoms with Crippen LogP contribution in [0.15, 0.2) is 41.8 Å². The molecule has 0 spiro atoms. The van der Waals surface area contributed by atoms with Crippen molar-refractivity contribution >= 4 is 39.0 Å². The van der Waals surface area contributed by atoms with Crippen molar-refractivity contribution < 1.29 is 14.7 Å². The number of anilines is 1. The molecule has 1 amide bonds. The molecule has 86 valence electrons. The van der Waals surface area contributed by atoms with Crippen LogP contribution in [0.5, 0.6) is 0 Å². The third-order valence-corrected chi connectivity index (χ3v) is 3.00. The molecule has 0 atom stereocenters. The molecule has 4 nitrogen and oxygen atoms in total. The number of thiophene rings is 1. The predicted molar refractivity (Wildman–Crippen MR) is 67.2 cm³/mol. The van der Waals surface area contributed by atoms with E-state index in [-0.39, 0.29) is 0 Å². The molecule has 0 saturated carbocycles. The van der Waals surface area contributed by atoms with Crippen LogP contribution in [0, 0.1) is 0 Å². The van der Waals surface area contributed by atoms with E-state index in [0.29, 0.717) is 5.69 Å². The quantitative estimate of drug-likeness (QED) is 0.819. The van der Waals surface area contributed by atoms with Gasteiger partial charge in [-0.3, -0.25) is 4.79 Å². The summed E-state index contributed by atoms with van der Waals surface area (Å²) in [6.45, 7) is 0. The molecule has 2 rings (SSSR count). The number of amides is 1. The van der Waals surface area contributed by atoms with E-state index >= 15 is 0 Å². The van der Waals surface area contributed by atoms with Crippen molar-refractivity contribution in [3.8, 4) is 0 Å². The van der Waals surface area contributed by atoms with Crippen molar-refractivity contribution in [2.45, 2.75) is 0 Å². The third-order valence-electron chi connectivity index (χ3n) is 2.10. The van der Waals surface area contributed by atoms with E-state index in [1.165, 1.54) is 0 Å². The van der Waals surface area contributed by atoms with E-state index in [9.17, 15) is 9.59 Å². The second kappa shape index (κ2) is 4.80. The summed E-state index contributed by atoms with van der Waals surface area (Å²) < 4.78 is 1.14. The Kier molecular flexibility index (Phi) is 3.20. The number of nitrogens with one attached hydrogen (secondary N) is 1. The smallest absolute Gasteiger partial charge is 0.328 e. The van der Waals surface area contributed by atoms with Gasteiger partial charge in [0, 0.05) is 22.5 Å². The van der Waals surface area contributed by atoms with Crippen LogP contribution in [0.1, 0.15) is 0 Å². The Morgan fingerprint density at radius 3 is 2.82 bits per heavy atom. The molecule has 0 aliphatic rings. The standard InChI is InChI=1S/C12H9NO3S/c14-11(3-4-12(15)16)13-9-1-2-10-8(7-9)5-6-17-10/h1-7H,(H,13,14)(H,15,16)/b4-3+. The largest absolute Gasteiger partial charge is 0.478 e. The van der Waals surface area contributed by atoms with E-state index in [4.69, 9.17) is 5.11 Å². The summed E-state index contributed by atoms with van der Waals surface area (Å²) in [6, 6.07) is 7.50. The van der Waals surface area contributed by atoms with E-state index in [1.54, 1.807) is 17.4 Å². The average Bonchev–Trinajstić information content (AvgIpc) is 2.73. The Labute approximate surface area is 101 Å². The first kappa shape index (κ1) is 11.3. The Morgan fingerprint density at radius 2 is 2.06 bits per heavy atom. The molecule has 0 radical (unpaired) electrons. The van der Waals surface area contributed by atoms with Gasteiger partial charge in [-0.25, -0.2) is 4.79 Å². The van der Waals surface area contributed by atoms with Crippen LogP contribution in [0.25, 0.3) is 10.1 Å². The fraction of sp³-hybridized carbons (Fsp3) is 0. The SMILES string of the molecule is O=C(O)/C=C/C(=O)Nc1ccc2sccc2c1. The van der Waals surface area contributed by atoms with E-state index in [1.807, 2.05) is 23.6 Å². The molecular weight excluding hydrogens is 238 g/mol. The number of carboxylic acid groups (broad SMARTS) is 1. The number of carboxylic acids is 1. The fourth-order valence-electron chi connectivity index (χ4n) is 1.38. The summed E-state index contributed by atoms with van der Waals surface area (Å²) in [5, 5.41) is 14.0. The van der Waals surface area contributed by atoms with Crippen molar-refractivity contribution in [2.24, 2.45) is 0 Å². The Morgan fingerprint density at radius 1 is 1.24 bits per heavy atom. The lowest BCUT2D eigenvalue weighted by molar-refractivity contribution is -0.131. The third kappa shape index (κ3) is 2.92. The number of carbonyl (C=O) groups excluding carboxylic acids is 1. The summed E-state index contributed by atoms with van der Waals surface area (Å²) >= 11 is 1.62. The van der Waals surface area contributed by atoms with Crippen LogP contribution in [0.3, 0.4) is 0 Å². The van der Waals surface area contributed by atoms with Gasteiger partial charge in [0.25, 0.3) is 0 Å². The molecule has 1 heterocycles. The lowest BCUT2D eigenvalue weighted by Crippen LogP contribution is -2.08. The van der Waals surface area contributed by atoms with Crippen LogP contribution < -0.4 is 5.32 Å². The summed E-state index contributed by atoms with van der Waals surface area (Å²) in [4.78, 5) is 21.6. The van der Waals surface area contributed by atoms with Crippen LogP contribution in [0.2, 0.25) is 0 Å². The normalized spacial score (nSPS) is 10.8. The van der Waals surface area contributed by atoms with Crippen LogP contribution in [-0.2, 0) is 9.59 Å². The maximum absolute atomic E-state index is 11.3. The van der Waals surface area contributed by atoms with Crippen molar-refractivity contribution in [3.05, 3.63) is 41.8 Å². The Balaban J connectivity index is 2.12. The minimum absolute atomic E-state index is 0.457. The lowest BCUT2D eigenvalue weighted by atomic mass is 10.2. The summed E-state index contributed by atoms with van der Waals surface area (Å²) in [6.07, 6.45) is 1.79. The number of benzene rings is 1. The molecule has 0 aliphatic heterocycles. The van der Waals surface area contributed by atoms with Gasteiger partial charge in [-0.1, -0.05) is 0 Å². The monoisotopic (exact) mass is 247 g/mol. The number of hydrogen-bond donors (Lipinski definition) is 2. The first-order valence-corrected chi connectivity index (χ1v) is 5.72. The van der Waals surface area contributed by atoms with Gasteiger partial charge >= 0.3 is 5.97 Å². The van der Waals surface area contributed by atoms with Gasteiger partial charge < -0.3 is 10.4 Å². The van der Waals surface area contributed by atoms with Crippen LogP contribution in [-0.4, -0.2) is 17.0 Å². The van der Waals surface area contributed by atoms with E-state index < -0.39 is 11.9 Å². The zero-order valence-electron chi connectivity index (χ0n) is 8.71. The minimum Gasteiger partial charge on any atom is -0.478 e. The Hall–Kier alpha value is -2.14. The molecule has 2 N–H and O–H groups in total. The van der Waals surface area contributed by atoms with E-state index in [0.717, 1.165) is 22.2 Å². The first-order chi connectivity index (χ1) is 8.15. The zero-order valence-corrected chi connectivity index (χ0v) is 9.53. The molecule has 0 fully saturated rings. The highest BCUT2D eigenvalue weighted by Crippen LogP contribution is 2.23. The average molecular weight is 247 g/mol. The molecule has 1 aromatic heterocycles. The summed E-state index contributed by atoms with van der Waals surface area (Å²) in [7, 11) is 0. The number of rotatable bonds is 3. The second-order valence-electron chi connectivity index (χ2n) is 3.33. The number of aliphatic carboxylic acids is 1. The predicted octanol–water partition coefficient (Wildman–Crippen LogP) is 2.48. The van der Waals surface area contributed by atoms with Crippen molar-refractivity contribution in [1.82, 2.24) is 0 Å². The molecule has 0 bridgehead atoms. The molecule has 17 heavy (non-hydrogen) atoms. The van der Waals surface area contributed by atoms with Gasteiger partial charge in [0.2, 0.25) is 5.91 Å². The molecule has 0 unspecified atom stereocenters. The molecule has 2 aromatic rings. The van der Waals surface area contributed by atoms with Gasteiger partial charge in [0.15, 0.2) is 0 Å². The highest BCUT2D eigenvalue weighted by molar-refractivity contribution is 7.17. The lowest BCUT2D eigenvalue weighted by Gasteiger charge is -2.01. The minimum atomic E-state index is -1.14. The van der Waals surface area contributed by atoms with Crippen LogP contribution in [0.4, 0.5) is 5.69 Å². The molecule has 0 aliphatic carbocycles. The van der Waals surface area contributed by atoms with Crippen molar-refractivity contribution in [3.63, 3.8) is 0 Å². The summed E-state index contributed by atoms with van der Waals surface area (Å²) in [5.41, 5.74) is 0.649. The number of carbonyl (C=O) groups is 2. The topological polar surface area (TPSA) is 66.4 Å². The van der Waals surface area contributed by atoms with Gasteiger partial charge in [-0.15, -0.1) is 11.3 Å². The van der Waals surface area contributed by atoms with Gasteiger partial charge in [-0.05, 0) is 35.0 Å². The van der Waals surface area contributed by atoms with Crippen molar-refractivity contribution in [2.75, 3.05) is 5.32 Å². The van der Waals surface area contributed by atoms with Crippen LogP contribution >= 0.6 is 11.3 Å². The molecule has 0 saturated heterocycles. The number of hydrogen-bond acceptors (Lipinski definition) is 3. The highest BCUT2D eigenvalue weighted by Gasteiger charge is 2.01. The van der Waals surface area contributed by atoms with Crippen molar-refractivity contribution in [1.29, 1.82) is 0 Å². The maximum Gasteiger partial charge on any atom is 0.328 e. The second-order valence-corrected chi connectivity index (χ2v) is 4.28. The maximum atomic E-state index is 11.3. The number of fused-ring (bicyclic) bond motifs is 1. The van der Waals surface area contributed by atoms with E-state index in [2.05, 4.69) is 5.32 Å². The fourth-order valence-corrected chi connectivity index (χ4v) is 2.15. The molecule has 1 aromatic carbocycles. The first-order valence-electron chi connectivity index (χ1n) is 4.84. The van der Waals surface area contributed by atoms with Gasteiger partial charge in [0.1, 0.15) is 0 Å². The zero-order chi connectivity index (χ0) is 12.3. The Bertz CT molecular complexity index is 601. The molecular formula is C12H9NO3S. The highest BCUT2D eigenvalue weighted by atomic mass is 32.1. The van der Waals surface area contributed by atoms with Gasteiger partial charge in [-0.2, -0.15) is 0 Å².